The van der Waals surface area contributed by atoms with E-state index < -0.39 is 0 Å². The van der Waals surface area contributed by atoms with Crippen LogP contribution >= 0.6 is 0 Å². The number of hydrogen-bond acceptors (Lipinski definition) is 2. The molecule has 0 aliphatic carbocycles. The highest BCUT2D eigenvalue weighted by Crippen LogP contribution is 2.20. The lowest BCUT2D eigenvalue weighted by Gasteiger charge is -2.17. The SMILES string of the molecule is CCNC(Cc1ccccc1)c1cn(C)nc1C. The van der Waals surface area contributed by atoms with Gasteiger partial charge in [-0.3, -0.25) is 4.68 Å². The van der Waals surface area contributed by atoms with Gasteiger partial charge in [0, 0.05) is 24.8 Å². The standard InChI is InChI=1S/C15H21N3/c1-4-16-15(10-13-8-6-5-7-9-13)14-11-18(3)17-12(14)2/h5-9,11,15-16H,4,10H2,1-3H3. The van der Waals surface area contributed by atoms with Gasteiger partial charge in [-0.15, -0.1) is 0 Å². The van der Waals surface area contributed by atoms with Crippen molar-refractivity contribution in [1.29, 1.82) is 0 Å². The number of benzene rings is 1. The van der Waals surface area contributed by atoms with Crippen LogP contribution in [-0.4, -0.2) is 16.3 Å². The van der Waals surface area contributed by atoms with Gasteiger partial charge >= 0.3 is 0 Å². The molecule has 2 aromatic rings. The lowest BCUT2D eigenvalue weighted by atomic mass is 9.99. The summed E-state index contributed by atoms with van der Waals surface area (Å²) >= 11 is 0. The fourth-order valence-corrected chi connectivity index (χ4v) is 2.35. The molecule has 0 saturated carbocycles. The van der Waals surface area contributed by atoms with Crippen LogP contribution in [0.5, 0.6) is 0 Å². The van der Waals surface area contributed by atoms with Gasteiger partial charge in [-0.1, -0.05) is 37.3 Å². The molecule has 1 unspecified atom stereocenters. The molecule has 0 aliphatic heterocycles. The molecule has 1 aromatic carbocycles. The molecule has 0 spiro atoms. The minimum Gasteiger partial charge on any atom is -0.310 e. The first-order chi connectivity index (χ1) is 8.70. The summed E-state index contributed by atoms with van der Waals surface area (Å²) in [5, 5.41) is 7.98. The Morgan fingerprint density at radius 3 is 2.56 bits per heavy atom. The Balaban J connectivity index is 2.21. The molecule has 3 heteroatoms. The van der Waals surface area contributed by atoms with Crippen LogP contribution in [0.25, 0.3) is 0 Å². The lowest BCUT2D eigenvalue weighted by Crippen LogP contribution is -2.23. The first-order valence-corrected chi connectivity index (χ1v) is 6.48. The molecule has 1 aromatic heterocycles. The summed E-state index contributed by atoms with van der Waals surface area (Å²) in [6.45, 7) is 5.18. The van der Waals surface area contributed by atoms with Crippen molar-refractivity contribution in [3.63, 3.8) is 0 Å². The smallest absolute Gasteiger partial charge is 0.0641 e. The highest BCUT2D eigenvalue weighted by atomic mass is 15.3. The van der Waals surface area contributed by atoms with Crippen molar-refractivity contribution in [3.05, 3.63) is 53.3 Å². The minimum absolute atomic E-state index is 0.339. The predicted molar refractivity (Wildman–Crippen MR) is 74.5 cm³/mol. The van der Waals surface area contributed by atoms with Gasteiger partial charge in [0.25, 0.3) is 0 Å². The molecular weight excluding hydrogens is 222 g/mol. The van der Waals surface area contributed by atoms with E-state index in [9.17, 15) is 0 Å². The van der Waals surface area contributed by atoms with E-state index in [-0.39, 0.29) is 0 Å². The molecule has 0 saturated heterocycles. The Morgan fingerprint density at radius 1 is 1.28 bits per heavy atom. The third-order valence-corrected chi connectivity index (χ3v) is 3.16. The van der Waals surface area contributed by atoms with Gasteiger partial charge in [0.2, 0.25) is 0 Å². The fraction of sp³-hybridized carbons (Fsp3) is 0.400. The molecule has 1 atom stereocenters. The molecule has 0 bridgehead atoms. The van der Waals surface area contributed by atoms with Crippen LogP contribution < -0.4 is 5.32 Å². The maximum Gasteiger partial charge on any atom is 0.0641 e. The Hall–Kier alpha value is -1.61. The van der Waals surface area contributed by atoms with Gasteiger partial charge in [0.05, 0.1) is 5.69 Å². The summed E-state index contributed by atoms with van der Waals surface area (Å²) in [7, 11) is 1.97. The molecule has 0 aliphatic rings. The van der Waals surface area contributed by atoms with Gasteiger partial charge < -0.3 is 5.32 Å². The van der Waals surface area contributed by atoms with Crippen molar-refractivity contribution in [1.82, 2.24) is 15.1 Å². The summed E-state index contributed by atoms with van der Waals surface area (Å²) < 4.78 is 1.89. The highest BCUT2D eigenvalue weighted by Gasteiger charge is 2.15. The van der Waals surface area contributed by atoms with E-state index in [1.54, 1.807) is 0 Å². The predicted octanol–water partition coefficient (Wildman–Crippen LogP) is 2.62. The highest BCUT2D eigenvalue weighted by molar-refractivity contribution is 5.24. The lowest BCUT2D eigenvalue weighted by molar-refractivity contribution is 0.547. The molecule has 96 valence electrons. The summed E-state index contributed by atoms with van der Waals surface area (Å²) in [5.74, 6) is 0. The zero-order chi connectivity index (χ0) is 13.0. The van der Waals surface area contributed by atoms with E-state index in [1.165, 1.54) is 11.1 Å². The minimum atomic E-state index is 0.339. The summed E-state index contributed by atoms with van der Waals surface area (Å²) in [4.78, 5) is 0. The summed E-state index contributed by atoms with van der Waals surface area (Å²) in [6, 6.07) is 10.9. The van der Waals surface area contributed by atoms with Gasteiger partial charge in [0.1, 0.15) is 0 Å². The van der Waals surface area contributed by atoms with Crippen molar-refractivity contribution in [3.8, 4) is 0 Å². The van der Waals surface area contributed by atoms with E-state index >= 15 is 0 Å². The molecular formula is C15H21N3. The first kappa shape index (κ1) is 12.8. The van der Waals surface area contributed by atoms with Crippen LogP contribution in [0, 0.1) is 6.92 Å². The average Bonchev–Trinajstić information content (AvgIpc) is 2.69. The van der Waals surface area contributed by atoms with E-state index in [2.05, 4.69) is 60.8 Å². The van der Waals surface area contributed by atoms with Crippen LogP contribution in [0.15, 0.2) is 36.5 Å². The quantitative estimate of drug-likeness (QED) is 0.875. The van der Waals surface area contributed by atoms with E-state index in [0.29, 0.717) is 6.04 Å². The number of rotatable bonds is 5. The van der Waals surface area contributed by atoms with Gasteiger partial charge in [0.15, 0.2) is 0 Å². The number of aromatic nitrogens is 2. The van der Waals surface area contributed by atoms with Crippen LogP contribution in [0.3, 0.4) is 0 Å². The topological polar surface area (TPSA) is 29.9 Å². The first-order valence-electron chi connectivity index (χ1n) is 6.48. The number of aryl methyl sites for hydroxylation is 2. The van der Waals surface area contributed by atoms with Crippen molar-refractivity contribution < 1.29 is 0 Å². The molecule has 1 heterocycles. The maximum absolute atomic E-state index is 4.43. The zero-order valence-corrected chi connectivity index (χ0v) is 11.4. The number of nitrogens with one attached hydrogen (secondary N) is 1. The van der Waals surface area contributed by atoms with Crippen molar-refractivity contribution in [2.24, 2.45) is 7.05 Å². The Bertz CT molecular complexity index is 488. The van der Waals surface area contributed by atoms with Crippen LogP contribution in [-0.2, 0) is 13.5 Å². The average molecular weight is 243 g/mol. The molecule has 0 radical (unpaired) electrons. The molecule has 3 nitrogen and oxygen atoms in total. The Labute approximate surface area is 109 Å². The van der Waals surface area contributed by atoms with Crippen molar-refractivity contribution in [2.45, 2.75) is 26.3 Å². The molecule has 18 heavy (non-hydrogen) atoms. The van der Waals surface area contributed by atoms with Crippen molar-refractivity contribution >= 4 is 0 Å². The summed E-state index contributed by atoms with van der Waals surface area (Å²) in [6.07, 6.45) is 3.12. The van der Waals surface area contributed by atoms with Crippen LogP contribution in [0.2, 0.25) is 0 Å². The normalized spacial score (nSPS) is 12.6. The van der Waals surface area contributed by atoms with E-state index in [0.717, 1.165) is 18.7 Å². The second kappa shape index (κ2) is 5.83. The third-order valence-electron chi connectivity index (χ3n) is 3.16. The van der Waals surface area contributed by atoms with E-state index in [4.69, 9.17) is 0 Å². The number of hydrogen-bond donors (Lipinski definition) is 1. The van der Waals surface area contributed by atoms with Gasteiger partial charge in [-0.2, -0.15) is 5.10 Å². The summed E-state index contributed by atoms with van der Waals surface area (Å²) in [5.41, 5.74) is 3.76. The Kier molecular flexibility index (Phi) is 4.15. The molecule has 0 amide bonds. The fourth-order valence-electron chi connectivity index (χ4n) is 2.35. The van der Waals surface area contributed by atoms with Gasteiger partial charge in [-0.25, -0.2) is 0 Å². The second-order valence-electron chi connectivity index (χ2n) is 4.64. The van der Waals surface area contributed by atoms with Gasteiger partial charge in [-0.05, 0) is 25.5 Å². The number of nitrogens with zero attached hydrogens (tertiary/aromatic N) is 2. The molecule has 2 rings (SSSR count). The number of likely N-dealkylation sites (N-methyl/N-ethyl adjacent to an activating group) is 1. The molecule has 0 fully saturated rings. The van der Waals surface area contributed by atoms with E-state index in [1.807, 2.05) is 11.7 Å². The molecule has 1 N–H and O–H groups in total. The Morgan fingerprint density at radius 2 is 2.00 bits per heavy atom. The van der Waals surface area contributed by atoms with Crippen LogP contribution in [0.1, 0.15) is 29.8 Å². The monoisotopic (exact) mass is 243 g/mol. The zero-order valence-electron chi connectivity index (χ0n) is 11.4. The van der Waals surface area contributed by atoms with Crippen LogP contribution in [0.4, 0.5) is 0 Å². The van der Waals surface area contributed by atoms with Crippen molar-refractivity contribution in [2.75, 3.05) is 6.54 Å². The maximum atomic E-state index is 4.43. The second-order valence-corrected chi connectivity index (χ2v) is 4.64. The largest absolute Gasteiger partial charge is 0.310 e. The third kappa shape index (κ3) is 2.99.